The zero-order valence-corrected chi connectivity index (χ0v) is 39.6. The molecule has 0 aromatic heterocycles. The number of hydrogen-bond donors (Lipinski definition) is 0. The molecule has 0 aliphatic carbocycles. The van der Waals surface area contributed by atoms with Crippen LogP contribution in [0.1, 0.15) is 178 Å². The predicted octanol–water partition coefficient (Wildman–Crippen LogP) is 13.2. The number of benzene rings is 4. The fourth-order valence-corrected chi connectivity index (χ4v) is 10.1. The average molecular weight is 847 g/mol. The molecule has 0 radical (unpaired) electrons. The van der Waals surface area contributed by atoms with Crippen LogP contribution in [0.4, 0.5) is 0 Å². The molecule has 0 saturated carbocycles. The number of rotatable bonds is 26. The monoisotopic (exact) mass is 846 g/mol. The van der Waals surface area contributed by atoms with Gasteiger partial charge in [-0.2, -0.15) is 0 Å². The minimum Gasteiger partial charge on any atom is -0.744 e. The summed E-state index contributed by atoms with van der Waals surface area (Å²) in [6, 6.07) is 19.6. The summed E-state index contributed by atoms with van der Waals surface area (Å²) in [6.07, 6.45) is 24.8. The third-order valence-electron chi connectivity index (χ3n) is 11.0. The molecule has 0 fully saturated rings. The molecule has 0 N–H and O–H groups in total. The minimum atomic E-state index is -4.50. The van der Waals surface area contributed by atoms with Crippen molar-refractivity contribution >= 4 is 79.5 Å². The van der Waals surface area contributed by atoms with Crippen LogP contribution in [0.25, 0.3) is 21.5 Å². The van der Waals surface area contributed by atoms with Crippen LogP contribution in [0.15, 0.2) is 70.5 Å². The first-order valence-electron chi connectivity index (χ1n) is 22.0. The molecule has 4 rings (SSSR count). The SMILES string of the molecule is CCCCCCCc1cc2ccccc2c(CCCCCCC)c1S(=O)(=O)[O-].CCCCCCCc1cc2ccccc2c(CCCCCCC)c1S(=O)(=O)[O-].[Ca+2]. The van der Waals surface area contributed by atoms with Gasteiger partial charge in [-0.25, -0.2) is 16.8 Å². The van der Waals surface area contributed by atoms with Crippen molar-refractivity contribution < 1.29 is 25.9 Å². The van der Waals surface area contributed by atoms with Crippen LogP contribution in [-0.4, -0.2) is 63.7 Å². The molecule has 0 bridgehead atoms. The Morgan fingerprint density at radius 3 is 0.982 bits per heavy atom. The van der Waals surface area contributed by atoms with Crippen molar-refractivity contribution in [3.8, 4) is 0 Å². The maximum Gasteiger partial charge on any atom is 2.00 e. The summed E-state index contributed by atoms with van der Waals surface area (Å²) in [4.78, 5) is 0.134. The van der Waals surface area contributed by atoms with Crippen molar-refractivity contribution in [2.45, 2.75) is 192 Å². The third-order valence-corrected chi connectivity index (χ3v) is 13.0. The Morgan fingerprint density at radius 2 is 0.684 bits per heavy atom. The van der Waals surface area contributed by atoms with Crippen molar-refractivity contribution in [2.24, 2.45) is 0 Å². The summed E-state index contributed by atoms with van der Waals surface area (Å²) < 4.78 is 73.4. The maximum absolute atomic E-state index is 12.2. The summed E-state index contributed by atoms with van der Waals surface area (Å²) >= 11 is 0. The Balaban J connectivity index is 0.000000387. The van der Waals surface area contributed by atoms with Gasteiger partial charge in [0.2, 0.25) is 0 Å². The van der Waals surface area contributed by atoms with Gasteiger partial charge in [0, 0.05) is 0 Å². The second kappa shape index (κ2) is 28.1. The molecule has 0 amide bonds. The van der Waals surface area contributed by atoms with E-state index in [0.717, 1.165) is 110 Å². The van der Waals surface area contributed by atoms with Gasteiger partial charge in [0.05, 0.1) is 9.79 Å². The zero-order valence-electron chi connectivity index (χ0n) is 35.7. The van der Waals surface area contributed by atoms with Crippen LogP contribution >= 0.6 is 0 Å². The van der Waals surface area contributed by atoms with E-state index in [0.29, 0.717) is 36.8 Å². The van der Waals surface area contributed by atoms with Crippen LogP contribution in [0.2, 0.25) is 0 Å². The molecule has 9 heteroatoms. The van der Waals surface area contributed by atoms with Gasteiger partial charge in [-0.3, -0.25) is 0 Å². The largest absolute Gasteiger partial charge is 2.00 e. The molecular formula is C48H70CaO6S2. The molecule has 0 aliphatic heterocycles. The third kappa shape index (κ3) is 17.5. The first kappa shape index (κ1) is 51.6. The van der Waals surface area contributed by atoms with Crippen LogP contribution in [0, 0.1) is 0 Å². The van der Waals surface area contributed by atoms with Gasteiger partial charge >= 0.3 is 37.7 Å². The molecule has 0 atom stereocenters. The second-order valence-corrected chi connectivity index (χ2v) is 18.3. The number of hydrogen-bond acceptors (Lipinski definition) is 6. The molecule has 0 spiro atoms. The Labute approximate surface area is 376 Å². The molecule has 4 aromatic carbocycles. The number of aryl methyl sites for hydroxylation is 4. The Kier molecular flexibility index (Phi) is 25.4. The molecule has 57 heavy (non-hydrogen) atoms. The van der Waals surface area contributed by atoms with Gasteiger partial charge in [-0.05, 0) is 107 Å². The van der Waals surface area contributed by atoms with E-state index in [9.17, 15) is 25.9 Å². The normalized spacial score (nSPS) is 11.8. The smallest absolute Gasteiger partial charge is 0.744 e. The van der Waals surface area contributed by atoms with E-state index >= 15 is 0 Å². The van der Waals surface area contributed by atoms with Crippen molar-refractivity contribution in [1.82, 2.24) is 0 Å². The van der Waals surface area contributed by atoms with Gasteiger partial charge in [-0.1, -0.05) is 179 Å². The molecule has 312 valence electrons. The summed E-state index contributed by atoms with van der Waals surface area (Å²) in [5.41, 5.74) is 2.92. The standard InChI is InChI=1S/2C24H36O3S.Ca/c2*1-3-5-7-9-11-16-21-19-20-15-13-14-17-22(20)23(24(21)28(25,26)27)18-12-10-8-6-4-2;/h2*13-15,17,19H,3-12,16,18H2,1-2H3,(H,25,26,27);/q;;+2/p-2. The first-order chi connectivity index (χ1) is 27.0. The molecular weight excluding hydrogens is 777 g/mol. The van der Waals surface area contributed by atoms with E-state index in [4.69, 9.17) is 0 Å². The van der Waals surface area contributed by atoms with E-state index in [1.807, 2.05) is 60.7 Å². The van der Waals surface area contributed by atoms with Crippen LogP contribution in [-0.2, 0) is 45.9 Å². The van der Waals surface area contributed by atoms with E-state index in [2.05, 4.69) is 27.7 Å². The van der Waals surface area contributed by atoms with Crippen molar-refractivity contribution in [1.29, 1.82) is 0 Å². The Morgan fingerprint density at radius 1 is 0.404 bits per heavy atom. The molecule has 0 unspecified atom stereocenters. The zero-order chi connectivity index (χ0) is 40.8. The quantitative estimate of drug-likeness (QED) is 0.0353. The van der Waals surface area contributed by atoms with Gasteiger partial charge in [0.1, 0.15) is 20.2 Å². The summed E-state index contributed by atoms with van der Waals surface area (Å²) in [6.45, 7) is 8.72. The summed E-state index contributed by atoms with van der Waals surface area (Å²) in [5, 5.41) is 3.92. The van der Waals surface area contributed by atoms with E-state index in [1.54, 1.807) is 0 Å². The molecule has 4 aromatic rings. The fraction of sp³-hybridized carbons (Fsp3) is 0.583. The second-order valence-electron chi connectivity index (χ2n) is 15.7. The Bertz CT molecular complexity index is 1830. The number of fused-ring (bicyclic) bond motifs is 2. The number of unbranched alkanes of at least 4 members (excludes halogenated alkanes) is 16. The average Bonchev–Trinajstić information content (AvgIpc) is 3.16. The van der Waals surface area contributed by atoms with Gasteiger partial charge in [0.25, 0.3) is 0 Å². The topological polar surface area (TPSA) is 114 Å². The van der Waals surface area contributed by atoms with Crippen LogP contribution in [0.5, 0.6) is 0 Å². The van der Waals surface area contributed by atoms with Gasteiger partial charge in [-0.15, -0.1) is 0 Å². The van der Waals surface area contributed by atoms with Crippen molar-refractivity contribution in [3.05, 3.63) is 82.9 Å². The summed E-state index contributed by atoms with van der Waals surface area (Å²) in [7, 11) is -9.00. The fourth-order valence-electron chi connectivity index (χ4n) is 8.07. The summed E-state index contributed by atoms with van der Waals surface area (Å²) in [5.74, 6) is 0. The van der Waals surface area contributed by atoms with E-state index in [1.165, 1.54) is 51.4 Å². The van der Waals surface area contributed by atoms with E-state index < -0.39 is 20.2 Å². The predicted molar refractivity (Wildman–Crippen MR) is 239 cm³/mol. The molecule has 0 saturated heterocycles. The molecule has 6 nitrogen and oxygen atoms in total. The first-order valence-corrected chi connectivity index (χ1v) is 24.8. The molecule has 0 aliphatic rings. The Hall–Kier alpha value is -1.52. The van der Waals surface area contributed by atoms with Crippen molar-refractivity contribution in [3.63, 3.8) is 0 Å². The van der Waals surface area contributed by atoms with E-state index in [-0.39, 0.29) is 47.5 Å². The minimum absolute atomic E-state index is 0. The molecule has 0 heterocycles. The van der Waals surface area contributed by atoms with Crippen molar-refractivity contribution in [2.75, 3.05) is 0 Å². The van der Waals surface area contributed by atoms with Crippen LogP contribution in [0.3, 0.4) is 0 Å². The van der Waals surface area contributed by atoms with Gasteiger partial charge in [0.15, 0.2) is 0 Å². The van der Waals surface area contributed by atoms with Crippen LogP contribution < -0.4 is 0 Å². The van der Waals surface area contributed by atoms with Gasteiger partial charge < -0.3 is 9.11 Å². The maximum atomic E-state index is 12.2.